The molecule has 1 aliphatic rings. The molecular weight excluding hydrogens is 340 g/mol. The van der Waals surface area contributed by atoms with Crippen molar-refractivity contribution in [2.75, 3.05) is 31.2 Å². The molecule has 0 aromatic heterocycles. The molecule has 0 unspecified atom stereocenters. The summed E-state index contributed by atoms with van der Waals surface area (Å²) in [6.07, 6.45) is 0.434. The summed E-state index contributed by atoms with van der Waals surface area (Å²) in [7, 11) is 0. The molecule has 5 heteroatoms. The van der Waals surface area contributed by atoms with E-state index in [0.717, 1.165) is 37.4 Å². The van der Waals surface area contributed by atoms with Crippen molar-refractivity contribution in [3.8, 4) is 0 Å². The number of nitrogens with zero attached hydrogens (tertiary/aromatic N) is 1. The van der Waals surface area contributed by atoms with E-state index in [4.69, 9.17) is 4.74 Å². The number of hydrogen-bond acceptors (Lipinski definition) is 4. The van der Waals surface area contributed by atoms with Gasteiger partial charge in [-0.3, -0.25) is 9.59 Å². The number of Topliss-reactive ketones (excluding diaryl/α,β-unsaturated/α-hetero) is 1. The number of nitrogens with one attached hydrogen (secondary N) is 1. The summed E-state index contributed by atoms with van der Waals surface area (Å²) in [5, 5.41) is 2.89. The average molecular weight is 366 g/mol. The van der Waals surface area contributed by atoms with E-state index in [-0.39, 0.29) is 24.5 Å². The fourth-order valence-electron chi connectivity index (χ4n) is 3.05. The van der Waals surface area contributed by atoms with Crippen LogP contribution in [0.5, 0.6) is 0 Å². The Morgan fingerprint density at radius 3 is 2.30 bits per heavy atom. The largest absolute Gasteiger partial charge is 0.378 e. The van der Waals surface area contributed by atoms with Crippen LogP contribution in [0.15, 0.2) is 48.5 Å². The molecule has 2 aromatic carbocycles. The Morgan fingerprint density at radius 1 is 0.963 bits per heavy atom. The highest BCUT2D eigenvalue weighted by Crippen LogP contribution is 2.16. The maximum atomic E-state index is 12.1. The number of morpholine rings is 1. The molecular formula is C22H26N2O3. The Labute approximate surface area is 160 Å². The molecule has 0 spiro atoms. The van der Waals surface area contributed by atoms with E-state index in [1.165, 1.54) is 5.69 Å². The van der Waals surface area contributed by atoms with Crippen LogP contribution < -0.4 is 10.2 Å². The van der Waals surface area contributed by atoms with Crippen LogP contribution in [0, 0.1) is 6.92 Å². The van der Waals surface area contributed by atoms with Gasteiger partial charge < -0.3 is 15.0 Å². The molecule has 1 N–H and O–H groups in total. The van der Waals surface area contributed by atoms with Gasteiger partial charge in [0.05, 0.1) is 13.2 Å². The fraction of sp³-hybridized carbons (Fsp3) is 0.364. The van der Waals surface area contributed by atoms with Gasteiger partial charge in [0, 0.05) is 43.7 Å². The highest BCUT2D eigenvalue weighted by Gasteiger charge is 2.11. The number of anilines is 1. The Bertz CT molecular complexity index is 763. The highest BCUT2D eigenvalue weighted by atomic mass is 16.5. The summed E-state index contributed by atoms with van der Waals surface area (Å²) in [6, 6.07) is 15.7. The van der Waals surface area contributed by atoms with E-state index in [0.29, 0.717) is 12.1 Å². The Kier molecular flexibility index (Phi) is 6.60. The van der Waals surface area contributed by atoms with Crippen LogP contribution in [-0.2, 0) is 16.1 Å². The zero-order valence-electron chi connectivity index (χ0n) is 15.7. The van der Waals surface area contributed by atoms with E-state index in [1.54, 1.807) is 0 Å². The van der Waals surface area contributed by atoms with Gasteiger partial charge in [0.25, 0.3) is 0 Å². The predicted octanol–water partition coefficient (Wildman–Crippen LogP) is 3.11. The molecule has 1 heterocycles. The van der Waals surface area contributed by atoms with Crippen LogP contribution >= 0.6 is 0 Å². The van der Waals surface area contributed by atoms with Crippen LogP contribution in [0.25, 0.3) is 0 Å². The van der Waals surface area contributed by atoms with Crippen LogP contribution in [-0.4, -0.2) is 38.0 Å². The molecule has 1 aliphatic heterocycles. The first kappa shape index (κ1) is 19.1. The van der Waals surface area contributed by atoms with Gasteiger partial charge in [-0.25, -0.2) is 0 Å². The van der Waals surface area contributed by atoms with Gasteiger partial charge in [0.2, 0.25) is 5.91 Å². The summed E-state index contributed by atoms with van der Waals surface area (Å²) >= 11 is 0. The monoisotopic (exact) mass is 366 g/mol. The number of ketones is 1. The van der Waals surface area contributed by atoms with Crippen LogP contribution in [0.4, 0.5) is 5.69 Å². The van der Waals surface area contributed by atoms with Gasteiger partial charge in [-0.1, -0.05) is 42.0 Å². The van der Waals surface area contributed by atoms with Crippen molar-refractivity contribution in [2.24, 2.45) is 0 Å². The van der Waals surface area contributed by atoms with Gasteiger partial charge in [0.15, 0.2) is 5.78 Å². The number of ether oxygens (including phenoxy) is 1. The first-order valence-electron chi connectivity index (χ1n) is 9.40. The number of carbonyl (C=O) groups is 2. The van der Waals surface area contributed by atoms with E-state index in [9.17, 15) is 9.59 Å². The predicted molar refractivity (Wildman–Crippen MR) is 106 cm³/mol. The average Bonchev–Trinajstić information content (AvgIpc) is 2.72. The number of amides is 1. The van der Waals surface area contributed by atoms with Crippen molar-refractivity contribution in [2.45, 2.75) is 26.3 Å². The Hall–Kier alpha value is -2.66. The van der Waals surface area contributed by atoms with Gasteiger partial charge in [0.1, 0.15) is 0 Å². The lowest BCUT2D eigenvalue weighted by Crippen LogP contribution is -2.36. The van der Waals surface area contributed by atoms with E-state index >= 15 is 0 Å². The van der Waals surface area contributed by atoms with Gasteiger partial charge in [-0.2, -0.15) is 0 Å². The second kappa shape index (κ2) is 9.33. The molecule has 5 nitrogen and oxygen atoms in total. The van der Waals surface area contributed by atoms with E-state index in [2.05, 4.69) is 22.3 Å². The second-order valence-electron chi connectivity index (χ2n) is 6.83. The lowest BCUT2D eigenvalue weighted by molar-refractivity contribution is -0.121. The van der Waals surface area contributed by atoms with Crippen LogP contribution in [0.3, 0.4) is 0 Å². The van der Waals surface area contributed by atoms with Crippen molar-refractivity contribution >= 4 is 17.4 Å². The smallest absolute Gasteiger partial charge is 0.220 e. The van der Waals surface area contributed by atoms with Crippen molar-refractivity contribution in [1.82, 2.24) is 5.32 Å². The molecule has 0 aliphatic carbocycles. The quantitative estimate of drug-likeness (QED) is 0.765. The van der Waals surface area contributed by atoms with E-state index in [1.807, 2.05) is 43.3 Å². The number of carbonyl (C=O) groups excluding carboxylic acids is 2. The molecule has 2 aromatic rings. The summed E-state index contributed by atoms with van der Waals surface area (Å²) in [5.74, 6) is -0.104. The maximum absolute atomic E-state index is 12.1. The SMILES string of the molecule is Cc1ccc(C(=O)CCC(=O)NCc2ccc(N3CCOCC3)cc2)cc1. The maximum Gasteiger partial charge on any atom is 0.220 e. The Morgan fingerprint density at radius 2 is 1.63 bits per heavy atom. The topological polar surface area (TPSA) is 58.6 Å². The molecule has 3 rings (SSSR count). The minimum atomic E-state index is -0.104. The fourth-order valence-corrected chi connectivity index (χ4v) is 3.05. The second-order valence-corrected chi connectivity index (χ2v) is 6.83. The first-order valence-corrected chi connectivity index (χ1v) is 9.40. The first-order chi connectivity index (χ1) is 13.1. The minimum Gasteiger partial charge on any atom is -0.378 e. The van der Waals surface area contributed by atoms with Crippen molar-refractivity contribution in [3.63, 3.8) is 0 Å². The molecule has 0 saturated carbocycles. The minimum absolute atomic E-state index is 0.0000130. The molecule has 27 heavy (non-hydrogen) atoms. The van der Waals surface area contributed by atoms with Crippen molar-refractivity contribution < 1.29 is 14.3 Å². The Balaban J connectivity index is 1.42. The zero-order chi connectivity index (χ0) is 19.1. The van der Waals surface area contributed by atoms with Gasteiger partial charge in [-0.05, 0) is 24.6 Å². The van der Waals surface area contributed by atoms with Crippen LogP contribution in [0.1, 0.15) is 34.3 Å². The number of hydrogen-bond donors (Lipinski definition) is 1. The normalized spacial score (nSPS) is 14.0. The van der Waals surface area contributed by atoms with Crippen molar-refractivity contribution in [1.29, 1.82) is 0 Å². The summed E-state index contributed by atoms with van der Waals surface area (Å²) in [6.45, 7) is 5.80. The summed E-state index contributed by atoms with van der Waals surface area (Å²) in [5.41, 5.74) is 4.00. The molecule has 0 atom stereocenters. The zero-order valence-corrected chi connectivity index (χ0v) is 15.7. The van der Waals surface area contributed by atoms with Crippen molar-refractivity contribution in [3.05, 3.63) is 65.2 Å². The third kappa shape index (κ3) is 5.66. The number of rotatable bonds is 7. The summed E-state index contributed by atoms with van der Waals surface area (Å²) < 4.78 is 5.37. The highest BCUT2D eigenvalue weighted by molar-refractivity contribution is 5.97. The third-order valence-corrected chi connectivity index (χ3v) is 4.75. The lowest BCUT2D eigenvalue weighted by atomic mass is 10.0. The van der Waals surface area contributed by atoms with Crippen LogP contribution in [0.2, 0.25) is 0 Å². The third-order valence-electron chi connectivity index (χ3n) is 4.75. The molecule has 0 radical (unpaired) electrons. The molecule has 0 bridgehead atoms. The van der Waals surface area contributed by atoms with Gasteiger partial charge >= 0.3 is 0 Å². The summed E-state index contributed by atoms with van der Waals surface area (Å²) in [4.78, 5) is 26.5. The molecule has 1 fully saturated rings. The number of aryl methyl sites for hydroxylation is 1. The van der Waals surface area contributed by atoms with E-state index < -0.39 is 0 Å². The molecule has 1 amide bonds. The molecule has 1 saturated heterocycles. The lowest BCUT2D eigenvalue weighted by Gasteiger charge is -2.28. The standard InChI is InChI=1S/C22H26N2O3/c1-17-2-6-19(7-3-17)21(25)10-11-22(26)23-16-18-4-8-20(9-5-18)24-12-14-27-15-13-24/h2-9H,10-16H2,1H3,(H,23,26). The van der Waals surface area contributed by atoms with Gasteiger partial charge in [-0.15, -0.1) is 0 Å². The molecule has 142 valence electrons. The number of benzene rings is 2.